The fourth-order valence-corrected chi connectivity index (χ4v) is 2.96. The SMILES string of the molecule is CC(C1CCCO1)(C1CCCO1)n1cnnn1. The van der Waals surface area contributed by atoms with Gasteiger partial charge >= 0.3 is 0 Å². The van der Waals surface area contributed by atoms with Gasteiger partial charge in [-0.05, 0) is 43.0 Å². The van der Waals surface area contributed by atoms with Gasteiger partial charge in [0.25, 0.3) is 0 Å². The molecule has 3 rings (SSSR count). The molecule has 1 aromatic heterocycles. The first-order valence-corrected chi connectivity index (χ1v) is 6.28. The maximum absolute atomic E-state index is 5.86. The maximum atomic E-state index is 5.86. The van der Waals surface area contributed by atoms with Gasteiger partial charge in [0.1, 0.15) is 11.9 Å². The zero-order valence-electron chi connectivity index (χ0n) is 10.1. The smallest absolute Gasteiger partial charge is 0.139 e. The van der Waals surface area contributed by atoms with Crippen molar-refractivity contribution in [1.29, 1.82) is 0 Å². The van der Waals surface area contributed by atoms with Gasteiger partial charge in [0, 0.05) is 13.2 Å². The third kappa shape index (κ3) is 1.75. The van der Waals surface area contributed by atoms with Crippen molar-refractivity contribution >= 4 is 0 Å². The number of hydrogen-bond donors (Lipinski definition) is 0. The van der Waals surface area contributed by atoms with Crippen LogP contribution in [-0.2, 0) is 15.0 Å². The van der Waals surface area contributed by atoms with Gasteiger partial charge in [-0.3, -0.25) is 0 Å². The van der Waals surface area contributed by atoms with Crippen LogP contribution in [0.2, 0.25) is 0 Å². The summed E-state index contributed by atoms with van der Waals surface area (Å²) >= 11 is 0. The Kier molecular flexibility index (Phi) is 2.84. The highest BCUT2D eigenvalue weighted by Gasteiger charge is 2.48. The van der Waals surface area contributed by atoms with E-state index in [0.29, 0.717) is 0 Å². The molecule has 0 spiro atoms. The Labute approximate surface area is 100 Å². The molecule has 0 bridgehead atoms. The summed E-state index contributed by atoms with van der Waals surface area (Å²) in [6, 6.07) is 0. The molecule has 2 aliphatic rings. The summed E-state index contributed by atoms with van der Waals surface area (Å²) in [5, 5.41) is 11.6. The predicted molar refractivity (Wildman–Crippen MR) is 59.4 cm³/mol. The summed E-state index contributed by atoms with van der Waals surface area (Å²) in [7, 11) is 0. The van der Waals surface area contributed by atoms with Crippen LogP contribution in [0.15, 0.2) is 6.33 Å². The molecular formula is C11H18N4O2. The molecular weight excluding hydrogens is 220 g/mol. The van der Waals surface area contributed by atoms with Crippen LogP contribution in [0.25, 0.3) is 0 Å². The topological polar surface area (TPSA) is 62.1 Å². The quantitative estimate of drug-likeness (QED) is 0.777. The van der Waals surface area contributed by atoms with Crippen molar-refractivity contribution in [3.63, 3.8) is 0 Å². The van der Waals surface area contributed by atoms with Crippen molar-refractivity contribution in [2.24, 2.45) is 0 Å². The van der Waals surface area contributed by atoms with E-state index in [4.69, 9.17) is 9.47 Å². The number of hydrogen-bond acceptors (Lipinski definition) is 5. The van der Waals surface area contributed by atoms with Crippen molar-refractivity contribution in [2.45, 2.75) is 50.4 Å². The van der Waals surface area contributed by atoms with Gasteiger partial charge in [-0.15, -0.1) is 5.10 Å². The predicted octanol–water partition coefficient (Wildman–Crippen LogP) is 0.746. The second-order valence-corrected chi connectivity index (χ2v) is 4.98. The van der Waals surface area contributed by atoms with Crippen LogP contribution >= 0.6 is 0 Å². The van der Waals surface area contributed by atoms with Crippen LogP contribution in [-0.4, -0.2) is 45.6 Å². The van der Waals surface area contributed by atoms with E-state index in [-0.39, 0.29) is 17.7 Å². The van der Waals surface area contributed by atoms with Crippen molar-refractivity contribution < 1.29 is 9.47 Å². The van der Waals surface area contributed by atoms with E-state index >= 15 is 0 Å². The number of tetrazole rings is 1. The zero-order chi connectivity index (χ0) is 11.7. The second kappa shape index (κ2) is 4.34. The first-order chi connectivity index (χ1) is 8.32. The van der Waals surface area contributed by atoms with Crippen LogP contribution in [0, 0.1) is 0 Å². The molecule has 6 nitrogen and oxygen atoms in total. The van der Waals surface area contributed by atoms with Gasteiger partial charge < -0.3 is 9.47 Å². The van der Waals surface area contributed by atoms with E-state index in [1.54, 1.807) is 6.33 Å². The largest absolute Gasteiger partial charge is 0.376 e. The Balaban J connectivity index is 1.93. The van der Waals surface area contributed by atoms with Crippen molar-refractivity contribution in [3.05, 3.63) is 6.33 Å². The number of ether oxygens (including phenoxy) is 2. The molecule has 2 aliphatic heterocycles. The van der Waals surface area contributed by atoms with E-state index < -0.39 is 0 Å². The van der Waals surface area contributed by atoms with Crippen LogP contribution in [0.1, 0.15) is 32.6 Å². The van der Waals surface area contributed by atoms with E-state index in [9.17, 15) is 0 Å². The van der Waals surface area contributed by atoms with E-state index in [1.807, 2.05) is 4.68 Å². The zero-order valence-corrected chi connectivity index (χ0v) is 10.1. The minimum Gasteiger partial charge on any atom is -0.376 e. The van der Waals surface area contributed by atoms with Gasteiger partial charge in [0.15, 0.2) is 0 Å². The highest BCUT2D eigenvalue weighted by Crippen LogP contribution is 2.37. The van der Waals surface area contributed by atoms with Crippen LogP contribution < -0.4 is 0 Å². The van der Waals surface area contributed by atoms with Gasteiger partial charge in [-0.1, -0.05) is 0 Å². The first kappa shape index (κ1) is 11.1. The molecule has 2 fully saturated rings. The van der Waals surface area contributed by atoms with Crippen molar-refractivity contribution in [3.8, 4) is 0 Å². The molecule has 6 heteroatoms. The molecule has 0 amide bonds. The Morgan fingerprint density at radius 2 is 1.82 bits per heavy atom. The van der Waals surface area contributed by atoms with Crippen LogP contribution in [0.4, 0.5) is 0 Å². The summed E-state index contributed by atoms with van der Waals surface area (Å²) in [5.41, 5.74) is -0.281. The molecule has 0 aromatic carbocycles. The molecule has 0 N–H and O–H groups in total. The van der Waals surface area contributed by atoms with Crippen molar-refractivity contribution in [1.82, 2.24) is 20.2 Å². The van der Waals surface area contributed by atoms with Gasteiger partial charge in [-0.2, -0.15) is 0 Å². The lowest BCUT2D eigenvalue weighted by atomic mass is 9.85. The third-order valence-corrected chi connectivity index (χ3v) is 4.01. The van der Waals surface area contributed by atoms with Crippen molar-refractivity contribution in [2.75, 3.05) is 13.2 Å². The van der Waals surface area contributed by atoms with Gasteiger partial charge in [0.2, 0.25) is 0 Å². The number of rotatable bonds is 3. The molecule has 0 aliphatic carbocycles. The van der Waals surface area contributed by atoms with Gasteiger partial charge in [-0.25, -0.2) is 4.68 Å². The molecule has 0 radical (unpaired) electrons. The summed E-state index contributed by atoms with van der Waals surface area (Å²) in [6.07, 6.45) is 6.28. The Hall–Kier alpha value is -1.01. The standard InChI is InChI=1S/C11H18N4O2/c1-11(9-4-2-6-16-9,10-5-3-7-17-10)15-8-12-13-14-15/h8-10H,2-7H2,1H3. The summed E-state index contributed by atoms with van der Waals surface area (Å²) in [5.74, 6) is 0. The Bertz CT molecular complexity index is 340. The fourth-order valence-electron chi connectivity index (χ4n) is 2.96. The van der Waals surface area contributed by atoms with Crippen LogP contribution in [0.3, 0.4) is 0 Å². The average molecular weight is 238 g/mol. The molecule has 2 saturated heterocycles. The molecule has 2 atom stereocenters. The normalized spacial score (nSPS) is 32.8. The second-order valence-electron chi connectivity index (χ2n) is 4.98. The lowest BCUT2D eigenvalue weighted by molar-refractivity contribution is -0.0756. The van der Waals surface area contributed by atoms with E-state index in [1.165, 1.54) is 0 Å². The molecule has 17 heavy (non-hydrogen) atoms. The summed E-state index contributed by atoms with van der Waals surface area (Å²) in [4.78, 5) is 0. The molecule has 94 valence electrons. The average Bonchev–Trinajstić information content (AvgIpc) is 3.10. The highest BCUT2D eigenvalue weighted by atomic mass is 16.5. The fraction of sp³-hybridized carbons (Fsp3) is 0.909. The molecule has 1 aromatic rings. The number of aromatic nitrogens is 4. The molecule has 0 saturated carbocycles. The lowest BCUT2D eigenvalue weighted by Crippen LogP contribution is -2.51. The molecule has 3 heterocycles. The van der Waals surface area contributed by atoms with E-state index in [2.05, 4.69) is 22.4 Å². The maximum Gasteiger partial charge on any atom is 0.139 e. The third-order valence-electron chi connectivity index (χ3n) is 4.01. The summed E-state index contributed by atoms with van der Waals surface area (Å²) < 4.78 is 13.5. The van der Waals surface area contributed by atoms with Crippen LogP contribution in [0.5, 0.6) is 0 Å². The summed E-state index contributed by atoms with van der Waals surface area (Å²) in [6.45, 7) is 3.81. The Morgan fingerprint density at radius 1 is 1.18 bits per heavy atom. The minimum absolute atomic E-state index is 0.147. The minimum atomic E-state index is -0.281. The van der Waals surface area contributed by atoms with Gasteiger partial charge in [0.05, 0.1) is 12.2 Å². The number of nitrogens with zero attached hydrogens (tertiary/aromatic N) is 4. The highest BCUT2D eigenvalue weighted by molar-refractivity contribution is 4.98. The lowest BCUT2D eigenvalue weighted by Gasteiger charge is -2.38. The van der Waals surface area contributed by atoms with E-state index in [0.717, 1.165) is 38.9 Å². The molecule has 2 unspecified atom stereocenters. The Morgan fingerprint density at radius 3 is 2.24 bits per heavy atom. The first-order valence-electron chi connectivity index (χ1n) is 6.28. The monoisotopic (exact) mass is 238 g/mol.